The second kappa shape index (κ2) is 17.2. The molecule has 0 N–H and O–H groups in total. The first kappa shape index (κ1) is 34.3. The number of quaternary nitrogens is 2. The molecule has 0 heterocycles. The highest BCUT2D eigenvalue weighted by Crippen LogP contribution is 2.07. The lowest BCUT2D eigenvalue weighted by Crippen LogP contribution is -2.40. The maximum absolute atomic E-state index is 9.45. The highest BCUT2D eigenvalue weighted by molar-refractivity contribution is 7.81. The Morgan fingerprint density at radius 2 is 0.867 bits per heavy atom. The molecule has 12 heteroatoms. The fourth-order valence-corrected chi connectivity index (χ4v) is 2.62. The van der Waals surface area contributed by atoms with Crippen molar-refractivity contribution in [3.05, 3.63) is 0 Å². The first-order valence-corrected chi connectivity index (χ1v) is 13.0. The number of hydrogen-bond donors (Lipinski definition) is 0. The third kappa shape index (κ3) is 32.3. The molecule has 0 bridgehead atoms. The average Bonchev–Trinajstić information content (AvgIpc) is 2.57. The van der Waals surface area contributed by atoms with E-state index in [0.29, 0.717) is 0 Å². The van der Waals surface area contributed by atoms with Gasteiger partial charge in [-0.1, -0.05) is 0 Å². The topological polar surface area (TPSA) is 133 Å². The van der Waals surface area contributed by atoms with Gasteiger partial charge in [0.1, 0.15) is 0 Å². The Labute approximate surface area is 185 Å². The van der Waals surface area contributed by atoms with Crippen molar-refractivity contribution in [1.29, 1.82) is 0 Å². The van der Waals surface area contributed by atoms with Gasteiger partial charge < -0.3 is 18.1 Å². The molecule has 0 saturated carbocycles. The van der Waals surface area contributed by atoms with Gasteiger partial charge in [-0.25, -0.2) is 16.8 Å². The lowest BCUT2D eigenvalue weighted by atomic mass is 10.1. The van der Waals surface area contributed by atoms with Crippen LogP contribution in [0.3, 0.4) is 0 Å². The van der Waals surface area contributed by atoms with Crippen LogP contribution in [0.4, 0.5) is 0 Å². The van der Waals surface area contributed by atoms with E-state index >= 15 is 0 Å². The Morgan fingerprint density at radius 1 is 0.600 bits per heavy atom. The smallest absolute Gasteiger partial charge is 0.217 e. The Bertz CT molecular complexity index is 552. The van der Waals surface area contributed by atoms with E-state index in [4.69, 9.17) is 0 Å². The maximum atomic E-state index is 9.45. The molecule has 0 rings (SSSR count). The highest BCUT2D eigenvalue weighted by atomic mass is 32.3. The van der Waals surface area contributed by atoms with Gasteiger partial charge in [-0.05, 0) is 53.4 Å². The summed E-state index contributed by atoms with van der Waals surface area (Å²) < 4.78 is 66.4. The van der Waals surface area contributed by atoms with E-state index in [9.17, 15) is 25.9 Å². The van der Waals surface area contributed by atoms with Gasteiger partial charge in [0.15, 0.2) is 0 Å². The first-order valence-electron chi connectivity index (χ1n) is 10.3. The molecule has 0 aromatic carbocycles. The van der Waals surface area contributed by atoms with Crippen molar-refractivity contribution < 1.29 is 43.3 Å². The van der Waals surface area contributed by atoms with Gasteiger partial charge in [0.2, 0.25) is 20.8 Å². The quantitative estimate of drug-likeness (QED) is 0.168. The van der Waals surface area contributed by atoms with Gasteiger partial charge in [-0.2, -0.15) is 0 Å². The molecule has 0 aliphatic rings. The van der Waals surface area contributed by atoms with E-state index in [2.05, 4.69) is 50.4 Å². The van der Waals surface area contributed by atoms with Crippen LogP contribution >= 0.6 is 0 Å². The van der Waals surface area contributed by atoms with E-state index in [-0.39, 0.29) is 13.2 Å². The van der Waals surface area contributed by atoms with Crippen molar-refractivity contribution >= 4 is 20.8 Å². The zero-order valence-electron chi connectivity index (χ0n) is 20.0. The van der Waals surface area contributed by atoms with Crippen LogP contribution in [0.1, 0.15) is 53.4 Å². The maximum Gasteiger partial charge on any atom is 0.217 e. The standard InChI is InChI=1S/C14H34N2.2C2H6O4S/c1-7-15(3,4)13-11-9-10-12-14-16(5,6)8-2;2*1-2-6-7(3,4)5/h7-14H2,1-6H3;2*2H2,1H3,(H,3,4,5)/q+2;;/p-2. The molecule has 186 valence electrons. The number of unbranched alkanes of at least 4 members (excludes halogenated alkanes) is 3. The predicted molar refractivity (Wildman–Crippen MR) is 116 cm³/mol. The van der Waals surface area contributed by atoms with E-state index in [1.807, 2.05) is 0 Å². The molecule has 0 unspecified atom stereocenters. The van der Waals surface area contributed by atoms with Crippen LogP contribution in [0.2, 0.25) is 0 Å². The molecule has 0 aliphatic carbocycles. The molecule has 0 aromatic heterocycles. The Morgan fingerprint density at radius 3 is 1.00 bits per heavy atom. The average molecular weight is 481 g/mol. The molecule has 0 aromatic rings. The summed E-state index contributed by atoms with van der Waals surface area (Å²) in [7, 11) is 0.473. The molecule has 30 heavy (non-hydrogen) atoms. The van der Waals surface area contributed by atoms with E-state index in [0.717, 1.165) is 0 Å². The summed E-state index contributed by atoms with van der Waals surface area (Å²) in [4.78, 5) is 0. The summed E-state index contributed by atoms with van der Waals surface area (Å²) >= 11 is 0. The van der Waals surface area contributed by atoms with Crippen molar-refractivity contribution in [2.45, 2.75) is 53.4 Å². The van der Waals surface area contributed by atoms with Crippen LogP contribution in [0.15, 0.2) is 0 Å². The SMILES string of the molecule is CCOS(=O)(=O)[O-].CCOS(=O)(=O)[O-].CC[N+](C)(C)CCCCCC[N+](C)(C)CC. The lowest BCUT2D eigenvalue weighted by molar-refractivity contribution is -0.889. The second-order valence-corrected chi connectivity index (χ2v) is 10.1. The van der Waals surface area contributed by atoms with Crippen molar-refractivity contribution in [3.8, 4) is 0 Å². The first-order chi connectivity index (χ1) is 13.4. The van der Waals surface area contributed by atoms with Gasteiger partial charge in [-0.15, -0.1) is 0 Å². The summed E-state index contributed by atoms with van der Waals surface area (Å²) in [6.45, 7) is 12.4. The largest absolute Gasteiger partial charge is 0.726 e. The molecule has 0 aliphatic heterocycles. The minimum absolute atomic E-state index is 0.0914. The van der Waals surface area contributed by atoms with Crippen LogP contribution in [0.25, 0.3) is 0 Å². The van der Waals surface area contributed by atoms with Gasteiger partial charge >= 0.3 is 0 Å². The van der Waals surface area contributed by atoms with Gasteiger partial charge in [0.25, 0.3) is 0 Å². The van der Waals surface area contributed by atoms with Crippen LogP contribution in [-0.2, 0) is 29.2 Å². The predicted octanol–water partition coefficient (Wildman–Crippen LogP) is 1.71. The summed E-state index contributed by atoms with van der Waals surface area (Å²) in [5, 5.41) is 0. The van der Waals surface area contributed by atoms with Gasteiger partial charge in [0, 0.05) is 0 Å². The van der Waals surface area contributed by atoms with Crippen LogP contribution in [-0.4, -0.2) is 102 Å². The van der Waals surface area contributed by atoms with Gasteiger partial charge in [0.05, 0.1) is 67.6 Å². The highest BCUT2D eigenvalue weighted by Gasteiger charge is 2.12. The van der Waals surface area contributed by atoms with E-state index in [1.165, 1.54) is 74.7 Å². The molecule has 0 spiro atoms. The van der Waals surface area contributed by atoms with E-state index in [1.54, 1.807) is 0 Å². The summed E-state index contributed by atoms with van der Waals surface area (Å²) in [6, 6.07) is 0. The van der Waals surface area contributed by atoms with E-state index < -0.39 is 20.8 Å². The van der Waals surface area contributed by atoms with Crippen molar-refractivity contribution in [2.75, 3.05) is 67.6 Å². The molecule has 0 radical (unpaired) electrons. The van der Waals surface area contributed by atoms with Crippen LogP contribution < -0.4 is 0 Å². The molecule has 0 atom stereocenters. The zero-order chi connectivity index (χ0) is 24.5. The lowest BCUT2D eigenvalue weighted by Gasteiger charge is -2.29. The normalized spacial score (nSPS) is 12.5. The molecule has 10 nitrogen and oxygen atoms in total. The van der Waals surface area contributed by atoms with Crippen molar-refractivity contribution in [1.82, 2.24) is 0 Å². The third-order valence-electron chi connectivity index (χ3n) is 4.51. The fourth-order valence-electron chi connectivity index (χ4n) is 2.04. The number of hydrogen-bond acceptors (Lipinski definition) is 8. The molecule has 0 saturated heterocycles. The molecule has 0 amide bonds. The van der Waals surface area contributed by atoms with Gasteiger partial charge in [-0.3, -0.25) is 8.37 Å². The Balaban J connectivity index is -0.000000430. The minimum atomic E-state index is -4.42. The molecular weight excluding hydrogens is 436 g/mol. The van der Waals surface area contributed by atoms with Crippen molar-refractivity contribution in [2.24, 2.45) is 0 Å². The van der Waals surface area contributed by atoms with Crippen LogP contribution in [0.5, 0.6) is 0 Å². The Hall–Kier alpha value is -0.340. The second-order valence-electron chi connectivity index (χ2n) is 7.99. The third-order valence-corrected chi connectivity index (χ3v) is 5.56. The number of rotatable bonds is 13. The summed E-state index contributed by atoms with van der Waals surface area (Å²) in [5.41, 5.74) is 0. The molecular formula is C18H44N2O8S2. The fraction of sp³-hybridized carbons (Fsp3) is 1.00. The van der Waals surface area contributed by atoms with Crippen LogP contribution in [0, 0.1) is 0 Å². The summed E-state index contributed by atoms with van der Waals surface area (Å²) in [5.74, 6) is 0. The van der Waals surface area contributed by atoms with Crippen molar-refractivity contribution in [3.63, 3.8) is 0 Å². The Kier molecular flexibility index (Phi) is 19.7. The molecule has 0 fully saturated rings. The minimum Gasteiger partial charge on any atom is -0.726 e. The zero-order valence-corrected chi connectivity index (χ0v) is 21.7. The summed E-state index contributed by atoms with van der Waals surface area (Å²) in [6.07, 6.45) is 5.59. The monoisotopic (exact) mass is 480 g/mol. The number of nitrogens with zero attached hydrogens (tertiary/aromatic N) is 2.